The van der Waals surface area contributed by atoms with E-state index in [1.807, 2.05) is 6.07 Å². The lowest BCUT2D eigenvalue weighted by atomic mass is 10.1. The van der Waals surface area contributed by atoms with Crippen LogP contribution >= 0.6 is 0 Å². The summed E-state index contributed by atoms with van der Waals surface area (Å²) in [4.78, 5) is 27.5. The predicted octanol–water partition coefficient (Wildman–Crippen LogP) is 2.37. The molecule has 0 aliphatic rings. The molecule has 0 unspecified atom stereocenters. The van der Waals surface area contributed by atoms with E-state index >= 15 is 0 Å². The summed E-state index contributed by atoms with van der Waals surface area (Å²) in [6, 6.07) is 9.40. The van der Waals surface area contributed by atoms with E-state index in [1.165, 1.54) is 7.11 Å². The summed E-state index contributed by atoms with van der Waals surface area (Å²) in [5, 5.41) is 11.7. The fourth-order valence-corrected chi connectivity index (χ4v) is 5.01. The molecule has 0 spiro atoms. The number of amides is 1. The number of carboxylic acid groups (broad SMARTS) is 1. The van der Waals surface area contributed by atoms with Gasteiger partial charge in [0.15, 0.2) is 0 Å². The summed E-state index contributed by atoms with van der Waals surface area (Å²) in [6.07, 6.45) is -0.602. The Morgan fingerprint density at radius 2 is 1.81 bits per heavy atom. The molecule has 36 heavy (non-hydrogen) atoms. The van der Waals surface area contributed by atoms with Crippen molar-refractivity contribution in [2.45, 2.75) is 51.2 Å². The van der Waals surface area contributed by atoms with Crippen molar-refractivity contribution in [3.63, 3.8) is 0 Å². The van der Waals surface area contributed by atoms with Crippen molar-refractivity contribution in [3.8, 4) is 5.75 Å². The van der Waals surface area contributed by atoms with Gasteiger partial charge in [-0.15, -0.1) is 0 Å². The van der Waals surface area contributed by atoms with Crippen molar-refractivity contribution in [1.29, 1.82) is 0 Å². The van der Waals surface area contributed by atoms with Gasteiger partial charge in [0.25, 0.3) is 10.0 Å². The Labute approximate surface area is 210 Å². The number of aliphatic carboxylic acids is 1. The molecule has 196 valence electrons. The molecular weight excluding hydrogens is 488 g/mol. The number of aliphatic imine (C=N–C) groups is 1. The molecule has 1 amide bonds. The minimum atomic E-state index is -4.01. The van der Waals surface area contributed by atoms with E-state index in [9.17, 15) is 23.1 Å². The molecular formula is C24H32N4O7S. The van der Waals surface area contributed by atoms with E-state index in [-0.39, 0.29) is 36.8 Å². The first-order valence-electron chi connectivity index (χ1n) is 11.1. The highest BCUT2D eigenvalue weighted by Crippen LogP contribution is 2.30. The molecule has 0 radical (unpaired) electrons. The molecule has 2 aromatic carbocycles. The van der Waals surface area contributed by atoms with Crippen LogP contribution in [0.2, 0.25) is 0 Å². The number of carboxylic acids is 1. The topological polar surface area (TPSA) is 169 Å². The second-order valence-electron chi connectivity index (χ2n) is 8.09. The average Bonchev–Trinajstić information content (AvgIpc) is 2.82. The molecule has 5 N–H and O–H groups in total. The van der Waals surface area contributed by atoms with Crippen LogP contribution in [0.5, 0.6) is 5.75 Å². The number of benzene rings is 2. The van der Waals surface area contributed by atoms with Gasteiger partial charge in [0.1, 0.15) is 18.4 Å². The molecule has 12 heteroatoms. The summed E-state index contributed by atoms with van der Waals surface area (Å²) in [5.41, 5.74) is 8.25. The molecule has 0 aromatic heterocycles. The molecule has 0 aliphatic carbocycles. The van der Waals surface area contributed by atoms with Crippen LogP contribution in [0.1, 0.15) is 35.1 Å². The van der Waals surface area contributed by atoms with Crippen LogP contribution in [0.4, 0.5) is 4.79 Å². The third-order valence-electron chi connectivity index (χ3n) is 5.44. The van der Waals surface area contributed by atoms with Gasteiger partial charge in [-0.25, -0.2) is 22.7 Å². The normalized spacial score (nSPS) is 12.5. The number of ether oxygens (including phenoxy) is 2. The largest absolute Gasteiger partial charge is 0.496 e. The number of hydrogen-bond donors (Lipinski definition) is 4. The average molecular weight is 521 g/mol. The molecule has 0 heterocycles. The predicted molar refractivity (Wildman–Crippen MR) is 134 cm³/mol. The van der Waals surface area contributed by atoms with Gasteiger partial charge in [0.05, 0.1) is 12.0 Å². The standard InChI is InChI=1S/C24H32N4O7S/c1-15-13-20(34-4)16(2)17(3)21(15)36(32,33)28-23(25)26-12-8-11-19(22(29)30)27-24(31)35-14-18-9-6-5-7-10-18/h5-7,9-10,13,19H,8,11-12,14H2,1-4H3,(H,27,31)(H,29,30)(H3,25,26,28)/t19-/m0/s1. The molecule has 0 bridgehead atoms. The van der Waals surface area contributed by atoms with Gasteiger partial charge < -0.3 is 25.6 Å². The maximum atomic E-state index is 12.9. The van der Waals surface area contributed by atoms with Gasteiger partial charge in [-0.3, -0.25) is 4.99 Å². The summed E-state index contributed by atoms with van der Waals surface area (Å²) < 4.78 is 38.4. The highest BCUT2D eigenvalue weighted by Gasteiger charge is 2.24. The number of guanidine groups is 1. The first-order chi connectivity index (χ1) is 17.0. The lowest BCUT2D eigenvalue weighted by Crippen LogP contribution is -2.41. The second-order valence-corrected chi connectivity index (χ2v) is 9.71. The van der Waals surface area contributed by atoms with Gasteiger partial charge >= 0.3 is 12.1 Å². The number of carbonyl (C=O) groups is 2. The number of nitrogens with zero attached hydrogens (tertiary/aromatic N) is 1. The second kappa shape index (κ2) is 12.8. The Kier molecular flexibility index (Phi) is 10.1. The Hall–Kier alpha value is -3.80. The third kappa shape index (κ3) is 7.87. The maximum Gasteiger partial charge on any atom is 0.408 e. The van der Waals surface area contributed by atoms with Crippen LogP contribution in [0.3, 0.4) is 0 Å². The van der Waals surface area contributed by atoms with Crippen molar-refractivity contribution in [3.05, 3.63) is 58.7 Å². The van der Waals surface area contributed by atoms with E-state index in [0.29, 0.717) is 22.4 Å². The van der Waals surface area contributed by atoms with Gasteiger partial charge in [0, 0.05) is 6.54 Å². The first-order valence-corrected chi connectivity index (χ1v) is 12.6. The van der Waals surface area contributed by atoms with E-state index < -0.39 is 28.1 Å². The van der Waals surface area contributed by atoms with Gasteiger partial charge in [0.2, 0.25) is 5.96 Å². The number of nitrogens with one attached hydrogen (secondary N) is 2. The zero-order chi connectivity index (χ0) is 26.9. The fraction of sp³-hybridized carbons (Fsp3) is 0.375. The van der Waals surface area contributed by atoms with Crippen LogP contribution in [-0.2, 0) is 26.2 Å². The van der Waals surface area contributed by atoms with Crippen LogP contribution in [0.25, 0.3) is 0 Å². The molecule has 0 saturated heterocycles. The number of nitrogens with two attached hydrogens (primary N) is 1. The molecule has 2 aromatic rings. The lowest BCUT2D eigenvalue weighted by Gasteiger charge is -2.17. The van der Waals surface area contributed by atoms with Gasteiger partial charge in [-0.1, -0.05) is 30.3 Å². The summed E-state index contributed by atoms with van der Waals surface area (Å²) in [6.45, 7) is 5.14. The number of hydrogen-bond acceptors (Lipinski definition) is 7. The maximum absolute atomic E-state index is 12.9. The monoisotopic (exact) mass is 520 g/mol. The van der Waals surface area contributed by atoms with Crippen molar-refractivity contribution >= 4 is 28.0 Å². The van der Waals surface area contributed by atoms with Gasteiger partial charge in [-0.2, -0.15) is 0 Å². The van der Waals surface area contributed by atoms with E-state index in [1.54, 1.807) is 51.1 Å². The molecule has 1 atom stereocenters. The summed E-state index contributed by atoms with van der Waals surface area (Å²) >= 11 is 0. The minimum Gasteiger partial charge on any atom is -0.496 e. The number of methoxy groups -OCH3 is 1. The molecule has 0 aliphatic heterocycles. The van der Waals surface area contributed by atoms with E-state index in [0.717, 1.165) is 5.56 Å². The van der Waals surface area contributed by atoms with Crippen molar-refractivity contribution in [1.82, 2.24) is 10.0 Å². The zero-order valence-electron chi connectivity index (χ0n) is 20.7. The fourth-order valence-electron chi connectivity index (χ4n) is 3.53. The zero-order valence-corrected chi connectivity index (χ0v) is 21.5. The molecule has 0 fully saturated rings. The van der Waals surface area contributed by atoms with Crippen LogP contribution in [0.15, 0.2) is 46.3 Å². The minimum absolute atomic E-state index is 0.00660. The van der Waals surface area contributed by atoms with E-state index in [2.05, 4.69) is 15.0 Å². The molecule has 2 rings (SSSR count). The Morgan fingerprint density at radius 3 is 2.42 bits per heavy atom. The smallest absolute Gasteiger partial charge is 0.408 e. The number of aryl methyl sites for hydroxylation is 1. The highest BCUT2D eigenvalue weighted by atomic mass is 32.2. The Bertz CT molecular complexity index is 1210. The van der Waals surface area contributed by atoms with Crippen molar-refractivity contribution in [2.24, 2.45) is 10.7 Å². The Balaban J connectivity index is 1.92. The molecule has 0 saturated carbocycles. The number of sulfonamides is 1. The van der Waals surface area contributed by atoms with Crippen LogP contribution in [0, 0.1) is 20.8 Å². The summed E-state index contributed by atoms with van der Waals surface area (Å²) in [5.74, 6) is -0.981. The van der Waals surface area contributed by atoms with Gasteiger partial charge in [-0.05, 0) is 61.9 Å². The SMILES string of the molecule is COc1cc(C)c(S(=O)(=O)NC(N)=NCCC[C@H](NC(=O)OCc2ccccc2)C(=O)O)c(C)c1C. The van der Waals surface area contributed by atoms with E-state index in [4.69, 9.17) is 15.2 Å². The third-order valence-corrected chi connectivity index (χ3v) is 7.09. The quantitative estimate of drug-likeness (QED) is 0.199. The first kappa shape index (κ1) is 28.4. The number of alkyl carbamates (subject to hydrolysis) is 1. The van der Waals surface area contributed by atoms with Crippen LogP contribution in [-0.4, -0.2) is 51.2 Å². The lowest BCUT2D eigenvalue weighted by molar-refractivity contribution is -0.139. The molecule has 11 nitrogen and oxygen atoms in total. The Morgan fingerprint density at radius 1 is 1.14 bits per heavy atom. The van der Waals surface area contributed by atoms with Crippen molar-refractivity contribution < 1.29 is 32.6 Å². The number of rotatable bonds is 11. The number of carbonyl (C=O) groups excluding carboxylic acids is 1. The van der Waals surface area contributed by atoms with Crippen molar-refractivity contribution in [2.75, 3.05) is 13.7 Å². The summed E-state index contributed by atoms with van der Waals surface area (Å²) in [7, 11) is -2.50. The van der Waals surface area contributed by atoms with Crippen LogP contribution < -0.4 is 20.5 Å². The highest BCUT2D eigenvalue weighted by molar-refractivity contribution is 7.90.